The zero-order chi connectivity index (χ0) is 5.98. The SMILES string of the molecule is O[n+]1ccccc1Br. The van der Waals surface area contributed by atoms with E-state index in [4.69, 9.17) is 5.21 Å². The van der Waals surface area contributed by atoms with E-state index in [0.717, 1.165) is 4.73 Å². The molecule has 1 N–H and O–H groups in total. The summed E-state index contributed by atoms with van der Waals surface area (Å²) in [5, 5.41) is 8.79. The monoisotopic (exact) mass is 174 g/mol. The lowest BCUT2D eigenvalue weighted by atomic mass is 10.5. The van der Waals surface area contributed by atoms with Crippen molar-refractivity contribution >= 4 is 15.9 Å². The van der Waals surface area contributed by atoms with Crippen molar-refractivity contribution in [2.45, 2.75) is 0 Å². The molecule has 1 aromatic rings. The van der Waals surface area contributed by atoms with E-state index < -0.39 is 0 Å². The first-order valence-corrected chi connectivity index (χ1v) is 2.95. The molecule has 0 radical (unpaired) electrons. The summed E-state index contributed by atoms with van der Waals surface area (Å²) in [5.41, 5.74) is 0. The molecule has 0 fully saturated rings. The first-order chi connectivity index (χ1) is 3.80. The summed E-state index contributed by atoms with van der Waals surface area (Å²) >= 11 is 3.11. The molecule has 0 saturated heterocycles. The van der Waals surface area contributed by atoms with Crippen LogP contribution in [0, 0.1) is 0 Å². The van der Waals surface area contributed by atoms with Crippen molar-refractivity contribution < 1.29 is 9.94 Å². The van der Waals surface area contributed by atoms with Crippen LogP contribution in [-0.4, -0.2) is 5.21 Å². The fraction of sp³-hybridized carbons (Fsp3) is 0. The maximum absolute atomic E-state index is 8.79. The third kappa shape index (κ3) is 0.980. The zero-order valence-electron chi connectivity index (χ0n) is 4.08. The van der Waals surface area contributed by atoms with Gasteiger partial charge in [0, 0.05) is 32.8 Å². The highest BCUT2D eigenvalue weighted by atomic mass is 79.9. The maximum atomic E-state index is 8.79. The Morgan fingerprint density at radius 1 is 1.50 bits per heavy atom. The molecule has 0 saturated carbocycles. The number of halogens is 1. The quantitative estimate of drug-likeness (QED) is 0.354. The minimum absolute atomic E-state index is 0.653. The summed E-state index contributed by atoms with van der Waals surface area (Å²) < 4.78 is 1.65. The molecule has 0 atom stereocenters. The first-order valence-electron chi connectivity index (χ1n) is 2.16. The second kappa shape index (κ2) is 2.13. The van der Waals surface area contributed by atoms with Gasteiger partial charge >= 0.3 is 0 Å². The van der Waals surface area contributed by atoms with Gasteiger partial charge in [-0.05, 0) is 6.07 Å². The summed E-state index contributed by atoms with van der Waals surface area (Å²) in [6.45, 7) is 0. The van der Waals surface area contributed by atoms with Crippen LogP contribution < -0.4 is 4.73 Å². The fourth-order valence-electron chi connectivity index (χ4n) is 0.414. The molecule has 0 aliphatic carbocycles. The van der Waals surface area contributed by atoms with E-state index in [2.05, 4.69) is 15.9 Å². The summed E-state index contributed by atoms with van der Waals surface area (Å²) in [6.07, 6.45) is 1.55. The van der Waals surface area contributed by atoms with E-state index in [-0.39, 0.29) is 0 Å². The van der Waals surface area contributed by atoms with Gasteiger partial charge in [0.1, 0.15) is 0 Å². The van der Waals surface area contributed by atoms with E-state index in [1.165, 1.54) is 0 Å². The van der Waals surface area contributed by atoms with Crippen molar-refractivity contribution in [3.8, 4) is 0 Å². The van der Waals surface area contributed by atoms with E-state index in [1.807, 2.05) is 6.07 Å². The van der Waals surface area contributed by atoms with Crippen molar-refractivity contribution in [3.63, 3.8) is 0 Å². The molecular weight excluding hydrogens is 170 g/mol. The smallest absolute Gasteiger partial charge is 0.284 e. The molecule has 0 unspecified atom stereocenters. The predicted molar refractivity (Wildman–Crippen MR) is 31.5 cm³/mol. The molecule has 0 aliphatic heterocycles. The Kier molecular flexibility index (Phi) is 1.48. The summed E-state index contributed by atoms with van der Waals surface area (Å²) in [6, 6.07) is 5.32. The Hall–Kier alpha value is -0.570. The molecule has 0 bridgehead atoms. The number of nitrogens with zero attached hydrogens (tertiary/aromatic N) is 1. The highest BCUT2D eigenvalue weighted by Crippen LogP contribution is 1.97. The second-order valence-electron chi connectivity index (χ2n) is 1.37. The minimum Gasteiger partial charge on any atom is -0.284 e. The topological polar surface area (TPSA) is 24.1 Å². The molecular formula is C5H5BrNO+. The molecule has 1 heterocycles. The highest BCUT2D eigenvalue weighted by molar-refractivity contribution is 9.10. The lowest BCUT2D eigenvalue weighted by molar-refractivity contribution is -0.913. The van der Waals surface area contributed by atoms with Gasteiger partial charge in [-0.1, -0.05) is 0 Å². The van der Waals surface area contributed by atoms with E-state index in [9.17, 15) is 0 Å². The second-order valence-corrected chi connectivity index (χ2v) is 2.18. The van der Waals surface area contributed by atoms with Crippen molar-refractivity contribution in [1.82, 2.24) is 0 Å². The molecule has 3 heteroatoms. The normalized spacial score (nSPS) is 9.12. The average molecular weight is 175 g/mol. The fourth-order valence-corrected chi connectivity index (χ4v) is 0.685. The lowest BCUT2D eigenvalue weighted by Crippen LogP contribution is -2.30. The Balaban J connectivity index is 3.13. The van der Waals surface area contributed by atoms with Crippen LogP contribution in [0.3, 0.4) is 0 Å². The van der Waals surface area contributed by atoms with E-state index in [0.29, 0.717) is 4.60 Å². The van der Waals surface area contributed by atoms with Gasteiger partial charge in [-0.2, -0.15) is 0 Å². The molecule has 1 aromatic heterocycles. The number of aromatic nitrogens is 1. The van der Waals surface area contributed by atoms with Gasteiger partial charge in [0.15, 0.2) is 0 Å². The number of pyridine rings is 1. The molecule has 8 heavy (non-hydrogen) atoms. The molecule has 42 valence electrons. The lowest BCUT2D eigenvalue weighted by Gasteiger charge is -1.81. The van der Waals surface area contributed by atoms with E-state index in [1.54, 1.807) is 18.3 Å². The summed E-state index contributed by atoms with van der Waals surface area (Å²) in [4.78, 5) is 0. The van der Waals surface area contributed by atoms with Crippen LogP contribution in [0.15, 0.2) is 29.0 Å². The van der Waals surface area contributed by atoms with Gasteiger partial charge in [-0.3, -0.25) is 5.21 Å². The van der Waals surface area contributed by atoms with Crippen LogP contribution in [0.2, 0.25) is 0 Å². The third-order valence-corrected chi connectivity index (χ3v) is 1.42. The number of hydrogen-bond donors (Lipinski definition) is 1. The average Bonchev–Trinajstić information content (AvgIpc) is 1.77. The van der Waals surface area contributed by atoms with Gasteiger partial charge < -0.3 is 0 Å². The van der Waals surface area contributed by atoms with Crippen LogP contribution >= 0.6 is 15.9 Å². The van der Waals surface area contributed by atoms with Crippen molar-refractivity contribution in [2.24, 2.45) is 0 Å². The standard InChI is InChI=1S/C5H5BrNO/c6-5-3-1-2-4-7(5)8/h1-4,8H/q+1. The first kappa shape index (κ1) is 5.56. The van der Waals surface area contributed by atoms with Crippen LogP contribution in [0.4, 0.5) is 0 Å². The van der Waals surface area contributed by atoms with Crippen LogP contribution in [0.5, 0.6) is 0 Å². The third-order valence-electron chi connectivity index (χ3n) is 0.791. The van der Waals surface area contributed by atoms with Gasteiger partial charge in [-0.25, -0.2) is 0 Å². The van der Waals surface area contributed by atoms with Gasteiger partial charge in [-0.15, -0.1) is 0 Å². The summed E-state index contributed by atoms with van der Waals surface area (Å²) in [5.74, 6) is 0. The Morgan fingerprint density at radius 2 is 2.25 bits per heavy atom. The van der Waals surface area contributed by atoms with Crippen LogP contribution in [0.1, 0.15) is 0 Å². The van der Waals surface area contributed by atoms with Crippen LogP contribution in [0.25, 0.3) is 0 Å². The Bertz CT molecular complexity index is 169. The Labute approximate surface area is 55.5 Å². The van der Waals surface area contributed by atoms with Crippen molar-refractivity contribution in [2.75, 3.05) is 0 Å². The molecule has 0 spiro atoms. The van der Waals surface area contributed by atoms with Crippen molar-refractivity contribution in [1.29, 1.82) is 0 Å². The van der Waals surface area contributed by atoms with Gasteiger partial charge in [0.05, 0.1) is 0 Å². The zero-order valence-corrected chi connectivity index (χ0v) is 5.67. The van der Waals surface area contributed by atoms with Crippen molar-refractivity contribution in [3.05, 3.63) is 29.0 Å². The Morgan fingerprint density at radius 3 is 2.62 bits per heavy atom. The molecule has 0 aliphatic rings. The number of hydrogen-bond acceptors (Lipinski definition) is 1. The summed E-state index contributed by atoms with van der Waals surface area (Å²) in [7, 11) is 0. The predicted octanol–water partition coefficient (Wildman–Crippen LogP) is 0.974. The maximum Gasteiger partial charge on any atom is 0.298 e. The largest absolute Gasteiger partial charge is 0.298 e. The minimum atomic E-state index is 0.653. The molecule has 0 aromatic carbocycles. The molecule has 2 nitrogen and oxygen atoms in total. The van der Waals surface area contributed by atoms with Gasteiger partial charge in [0.25, 0.3) is 4.60 Å². The molecule has 1 rings (SSSR count). The highest BCUT2D eigenvalue weighted by Gasteiger charge is 1.98. The van der Waals surface area contributed by atoms with E-state index >= 15 is 0 Å². The number of rotatable bonds is 0. The van der Waals surface area contributed by atoms with Crippen LogP contribution in [-0.2, 0) is 0 Å². The van der Waals surface area contributed by atoms with Gasteiger partial charge in [0.2, 0.25) is 6.20 Å². The molecule has 0 amide bonds.